The van der Waals surface area contributed by atoms with Gasteiger partial charge in [-0.1, -0.05) is 36.4 Å². The molecule has 0 atom stereocenters. The van der Waals surface area contributed by atoms with Crippen LogP contribution in [-0.2, 0) is 0 Å². The van der Waals surface area contributed by atoms with Gasteiger partial charge in [0.2, 0.25) is 0 Å². The number of amides is 1. The topological polar surface area (TPSA) is 54.7 Å². The van der Waals surface area contributed by atoms with E-state index in [1.165, 1.54) is 16.2 Å². The molecule has 5 heteroatoms. The van der Waals surface area contributed by atoms with Crippen molar-refractivity contribution in [3.63, 3.8) is 0 Å². The van der Waals surface area contributed by atoms with Gasteiger partial charge >= 0.3 is 0 Å². The number of benzene rings is 1. The van der Waals surface area contributed by atoms with Crippen LogP contribution in [-0.4, -0.2) is 33.3 Å². The molecule has 0 bridgehead atoms. The molecule has 1 amide bonds. The van der Waals surface area contributed by atoms with Gasteiger partial charge in [0.25, 0.3) is 11.5 Å². The van der Waals surface area contributed by atoms with Crippen molar-refractivity contribution in [1.29, 1.82) is 0 Å². The van der Waals surface area contributed by atoms with Crippen molar-refractivity contribution in [3.05, 3.63) is 81.9 Å². The molecule has 3 heterocycles. The van der Waals surface area contributed by atoms with E-state index in [-0.39, 0.29) is 17.0 Å². The molecule has 26 heavy (non-hydrogen) atoms. The molecule has 0 saturated carbocycles. The number of nitrogens with zero attached hydrogens (tertiary/aromatic N) is 3. The van der Waals surface area contributed by atoms with Crippen LogP contribution in [0.15, 0.2) is 59.7 Å². The summed E-state index contributed by atoms with van der Waals surface area (Å²) in [4.78, 5) is 31.6. The van der Waals surface area contributed by atoms with E-state index >= 15 is 0 Å². The Morgan fingerprint density at radius 3 is 2.54 bits per heavy atom. The Hall–Kier alpha value is -2.95. The molecule has 0 spiro atoms. The van der Waals surface area contributed by atoms with Crippen molar-refractivity contribution in [2.75, 3.05) is 13.1 Å². The van der Waals surface area contributed by atoms with Gasteiger partial charge in [-0.2, -0.15) is 0 Å². The van der Waals surface area contributed by atoms with Crippen LogP contribution in [0.5, 0.6) is 0 Å². The number of aryl methyl sites for hydroxylation is 1. The van der Waals surface area contributed by atoms with Crippen LogP contribution in [0.2, 0.25) is 0 Å². The predicted octanol–water partition coefficient (Wildman–Crippen LogP) is 3.02. The largest absolute Gasteiger partial charge is 0.338 e. The van der Waals surface area contributed by atoms with Gasteiger partial charge in [0.15, 0.2) is 0 Å². The first-order valence-corrected chi connectivity index (χ1v) is 8.96. The summed E-state index contributed by atoms with van der Waals surface area (Å²) in [5, 5.41) is 0. The summed E-state index contributed by atoms with van der Waals surface area (Å²) in [5.74, 6) is 0.253. The lowest BCUT2D eigenvalue weighted by Crippen LogP contribution is -2.40. The van der Waals surface area contributed by atoms with Gasteiger partial charge in [0.05, 0.1) is 0 Å². The molecule has 0 aliphatic carbocycles. The lowest BCUT2D eigenvalue weighted by atomic mass is 9.89. The second-order valence-corrected chi connectivity index (χ2v) is 6.89. The van der Waals surface area contributed by atoms with Gasteiger partial charge in [-0.05, 0) is 42.9 Å². The molecule has 4 rings (SSSR count). The minimum Gasteiger partial charge on any atom is -0.338 e. The molecule has 5 nitrogen and oxygen atoms in total. The van der Waals surface area contributed by atoms with Crippen molar-refractivity contribution in [3.8, 4) is 0 Å². The maximum Gasteiger partial charge on any atom is 0.270 e. The first kappa shape index (κ1) is 16.5. The second-order valence-electron chi connectivity index (χ2n) is 6.89. The third kappa shape index (κ3) is 3.01. The number of carbonyl (C=O) groups excluding carboxylic acids is 1. The lowest BCUT2D eigenvalue weighted by Gasteiger charge is -2.32. The van der Waals surface area contributed by atoms with Gasteiger partial charge in [0.1, 0.15) is 11.2 Å². The van der Waals surface area contributed by atoms with E-state index in [9.17, 15) is 9.59 Å². The average molecular weight is 347 g/mol. The summed E-state index contributed by atoms with van der Waals surface area (Å²) in [6.45, 7) is 3.23. The number of piperidine rings is 1. The van der Waals surface area contributed by atoms with E-state index in [1.54, 1.807) is 17.2 Å². The molecule has 1 saturated heterocycles. The zero-order valence-electron chi connectivity index (χ0n) is 14.8. The molecular weight excluding hydrogens is 326 g/mol. The van der Waals surface area contributed by atoms with Gasteiger partial charge in [-0.3, -0.25) is 14.0 Å². The van der Waals surface area contributed by atoms with Crippen molar-refractivity contribution in [1.82, 2.24) is 14.3 Å². The number of pyridine rings is 1. The quantitative estimate of drug-likeness (QED) is 0.716. The van der Waals surface area contributed by atoms with Gasteiger partial charge in [0, 0.05) is 25.5 Å². The lowest BCUT2D eigenvalue weighted by molar-refractivity contribution is 0.0710. The molecule has 0 radical (unpaired) electrons. The molecule has 0 unspecified atom stereocenters. The number of fused-ring (bicyclic) bond motifs is 1. The van der Waals surface area contributed by atoms with E-state index in [0.717, 1.165) is 18.4 Å². The highest BCUT2D eigenvalue weighted by Crippen LogP contribution is 2.28. The Morgan fingerprint density at radius 1 is 1.08 bits per heavy atom. The Bertz CT molecular complexity index is 1000. The molecule has 132 valence electrons. The summed E-state index contributed by atoms with van der Waals surface area (Å²) in [6, 6.07) is 14.1. The van der Waals surface area contributed by atoms with Crippen LogP contribution in [0.1, 0.15) is 40.2 Å². The first-order valence-electron chi connectivity index (χ1n) is 8.96. The standard InChI is InChI=1S/C21H21N3O2/c1-15-7-8-19-22-13-18(21(26)24(19)14-15)20(25)23-11-9-17(10-12-23)16-5-3-2-4-6-16/h2-8,13-14,17H,9-12H2,1H3. The second kappa shape index (κ2) is 6.75. The minimum atomic E-state index is -0.297. The Morgan fingerprint density at radius 2 is 1.81 bits per heavy atom. The maximum atomic E-state index is 12.9. The van der Waals surface area contributed by atoms with Gasteiger partial charge in [-0.25, -0.2) is 4.98 Å². The zero-order chi connectivity index (χ0) is 18.1. The van der Waals surface area contributed by atoms with E-state index in [4.69, 9.17) is 0 Å². The SMILES string of the molecule is Cc1ccc2ncc(C(=O)N3CCC(c4ccccc4)CC3)c(=O)n2c1. The fraction of sp³-hybridized carbons (Fsp3) is 0.286. The Balaban J connectivity index is 1.55. The summed E-state index contributed by atoms with van der Waals surface area (Å²) in [6.07, 6.45) is 4.97. The number of hydrogen-bond acceptors (Lipinski definition) is 3. The first-order chi connectivity index (χ1) is 12.6. The van der Waals surface area contributed by atoms with Crippen LogP contribution in [0.25, 0.3) is 5.65 Å². The van der Waals surface area contributed by atoms with E-state index in [0.29, 0.717) is 24.7 Å². The molecule has 1 aromatic carbocycles. The van der Waals surface area contributed by atoms with E-state index in [2.05, 4.69) is 29.2 Å². The highest BCUT2D eigenvalue weighted by molar-refractivity contribution is 5.93. The Kier molecular flexibility index (Phi) is 4.29. The van der Waals surface area contributed by atoms with E-state index < -0.39 is 0 Å². The summed E-state index contributed by atoms with van der Waals surface area (Å²) in [7, 11) is 0. The van der Waals surface area contributed by atoms with Crippen LogP contribution in [0.4, 0.5) is 0 Å². The van der Waals surface area contributed by atoms with Crippen LogP contribution < -0.4 is 5.56 Å². The number of hydrogen-bond donors (Lipinski definition) is 0. The number of carbonyl (C=O) groups is 1. The van der Waals surface area contributed by atoms with Gasteiger partial charge < -0.3 is 4.90 Å². The number of rotatable bonds is 2. The summed E-state index contributed by atoms with van der Waals surface area (Å²) in [5.41, 5.74) is 2.68. The van der Waals surface area contributed by atoms with Crippen LogP contribution in [0, 0.1) is 6.92 Å². The van der Waals surface area contributed by atoms with Crippen LogP contribution in [0.3, 0.4) is 0 Å². The molecule has 1 aliphatic rings. The number of likely N-dealkylation sites (tertiary alicyclic amines) is 1. The minimum absolute atomic E-state index is 0.145. The van der Waals surface area contributed by atoms with Crippen molar-refractivity contribution in [2.45, 2.75) is 25.7 Å². The fourth-order valence-electron chi connectivity index (χ4n) is 3.64. The van der Waals surface area contributed by atoms with Crippen molar-refractivity contribution >= 4 is 11.6 Å². The smallest absolute Gasteiger partial charge is 0.270 e. The van der Waals surface area contributed by atoms with Gasteiger partial charge in [-0.15, -0.1) is 0 Å². The summed E-state index contributed by atoms with van der Waals surface area (Å²) < 4.78 is 1.46. The highest BCUT2D eigenvalue weighted by Gasteiger charge is 2.26. The fourth-order valence-corrected chi connectivity index (χ4v) is 3.64. The Labute approximate surface area is 151 Å². The average Bonchev–Trinajstić information content (AvgIpc) is 2.69. The maximum absolute atomic E-state index is 12.9. The van der Waals surface area contributed by atoms with Crippen LogP contribution >= 0.6 is 0 Å². The molecule has 1 fully saturated rings. The molecule has 3 aromatic rings. The number of aromatic nitrogens is 2. The summed E-state index contributed by atoms with van der Waals surface area (Å²) >= 11 is 0. The third-order valence-corrected chi connectivity index (χ3v) is 5.13. The molecule has 2 aromatic heterocycles. The van der Waals surface area contributed by atoms with Crippen molar-refractivity contribution < 1.29 is 4.79 Å². The highest BCUT2D eigenvalue weighted by atomic mass is 16.2. The molecule has 1 aliphatic heterocycles. The third-order valence-electron chi connectivity index (χ3n) is 5.13. The normalized spacial score (nSPS) is 15.3. The monoisotopic (exact) mass is 347 g/mol. The molecular formula is C21H21N3O2. The zero-order valence-corrected chi connectivity index (χ0v) is 14.8. The van der Waals surface area contributed by atoms with Crippen molar-refractivity contribution in [2.24, 2.45) is 0 Å². The van der Waals surface area contributed by atoms with E-state index in [1.807, 2.05) is 19.1 Å². The predicted molar refractivity (Wildman–Crippen MR) is 101 cm³/mol. The molecule has 0 N–H and O–H groups in total.